The summed E-state index contributed by atoms with van der Waals surface area (Å²) in [5.41, 5.74) is 0. The molecule has 51 valence electrons. The van der Waals surface area contributed by atoms with Crippen LogP contribution in [-0.2, 0) is 0 Å². The van der Waals surface area contributed by atoms with Crippen molar-refractivity contribution in [2.24, 2.45) is 0 Å². The van der Waals surface area contributed by atoms with Crippen molar-refractivity contribution in [3.8, 4) is 0 Å². The average molecular weight is 234 g/mol. The monoisotopic (exact) mass is 235 g/mol. The maximum Gasteiger partial charge on any atom is 0.135 e. The van der Waals surface area contributed by atoms with Crippen LogP contribution in [0.4, 0.5) is 0 Å². The molecule has 0 amide bonds. The molecule has 5 heteroatoms. The summed E-state index contributed by atoms with van der Waals surface area (Å²) < 4.78 is 0. The molecular weight excluding hydrogens is 223 g/mol. The Labute approximate surface area is 61.8 Å². The van der Waals surface area contributed by atoms with Gasteiger partial charge in [0.2, 0.25) is 0 Å². The molecule has 0 spiro atoms. The Kier molecular flexibility index (Phi) is 5.91. The first-order valence-corrected chi connectivity index (χ1v) is 11.2. The number of tetrazole rings is 1. The van der Waals surface area contributed by atoms with Crippen LogP contribution in [0.2, 0.25) is 14.8 Å². The first-order chi connectivity index (χ1) is 4.23. The molecule has 9 heavy (non-hydrogen) atoms. The molecule has 0 fully saturated rings. The minimum Gasteiger partial charge on any atom is -0.246 e. The van der Waals surface area contributed by atoms with Gasteiger partial charge in [-0.3, -0.25) is 0 Å². The van der Waals surface area contributed by atoms with Crippen LogP contribution in [0.5, 0.6) is 0 Å². The number of hydrogen-bond donors (Lipinski definition) is 1. The van der Waals surface area contributed by atoms with Crippen LogP contribution in [0.15, 0.2) is 6.33 Å². The topological polar surface area (TPSA) is 54.5 Å². The summed E-state index contributed by atoms with van der Waals surface area (Å²) in [6.07, 6.45) is 1.40. The summed E-state index contributed by atoms with van der Waals surface area (Å²) in [6, 6.07) is 0. The summed E-state index contributed by atoms with van der Waals surface area (Å²) in [5, 5.41) is 12.1. The largest absolute Gasteiger partial charge is 0.246 e. The number of nitrogens with zero attached hydrogens (tertiary/aromatic N) is 3. The molecule has 1 aromatic heterocycles. The smallest absolute Gasteiger partial charge is 0.135 e. The van der Waals surface area contributed by atoms with Crippen LogP contribution in [0, 0.1) is 0 Å². The van der Waals surface area contributed by atoms with Gasteiger partial charge in [0.15, 0.2) is 0 Å². The van der Waals surface area contributed by atoms with Crippen molar-refractivity contribution in [3.63, 3.8) is 0 Å². The van der Waals surface area contributed by atoms with E-state index in [-0.39, 0.29) is 0 Å². The van der Waals surface area contributed by atoms with E-state index in [0.717, 1.165) is 0 Å². The van der Waals surface area contributed by atoms with Gasteiger partial charge in [-0.15, -0.1) is 5.10 Å². The third kappa shape index (κ3) is 11.4. The van der Waals surface area contributed by atoms with E-state index in [2.05, 4.69) is 35.4 Å². The molecule has 0 aliphatic rings. The van der Waals surface area contributed by atoms with Crippen molar-refractivity contribution < 1.29 is 0 Å². The molecule has 1 N–H and O–H groups in total. The zero-order chi connectivity index (χ0) is 7.11. The molecule has 0 unspecified atom stereocenters. The fourth-order valence-electron chi connectivity index (χ4n) is 0.129. The summed E-state index contributed by atoms with van der Waals surface area (Å²) in [7, 11) is 0. The van der Waals surface area contributed by atoms with Crippen LogP contribution in [0.25, 0.3) is 0 Å². The van der Waals surface area contributed by atoms with Gasteiger partial charge in [0.25, 0.3) is 0 Å². The number of H-pyrrole nitrogens is 1. The van der Waals surface area contributed by atoms with Gasteiger partial charge in [-0.1, -0.05) is 0 Å². The van der Waals surface area contributed by atoms with Crippen molar-refractivity contribution >= 4 is 19.8 Å². The van der Waals surface area contributed by atoms with Crippen LogP contribution < -0.4 is 0 Å². The summed E-state index contributed by atoms with van der Waals surface area (Å²) in [4.78, 5) is 7.09. The van der Waals surface area contributed by atoms with Gasteiger partial charge in [-0.25, -0.2) is 5.10 Å². The zero-order valence-electron chi connectivity index (χ0n) is 5.92. The van der Waals surface area contributed by atoms with E-state index in [0.29, 0.717) is 0 Å². The number of rotatable bonds is 0. The minimum absolute atomic E-state index is 0.543. The molecule has 4 nitrogen and oxygen atoms in total. The molecule has 0 aliphatic heterocycles. The van der Waals surface area contributed by atoms with Crippen LogP contribution >= 0.6 is 0 Å². The minimum atomic E-state index is -0.543. The normalized spacial score (nSPS) is 8.44. The average Bonchev–Trinajstić information content (AvgIpc) is 2.11. The molecule has 0 atom stereocenters. The van der Waals surface area contributed by atoms with E-state index >= 15 is 0 Å². The standard InChI is InChI=1S/CH2N4.3CH3.Sn/c1-2-4-5-3-1;;;;/h1H,(H,2,3,4,5);3*1H3;. The van der Waals surface area contributed by atoms with Crippen LogP contribution in [-0.4, -0.2) is 40.4 Å². The SMILES string of the molecule is [CH3][Sn]([CH3])[CH3].c1nnn[nH]1. The van der Waals surface area contributed by atoms with Gasteiger partial charge in [0.05, 0.1) is 0 Å². The van der Waals surface area contributed by atoms with Gasteiger partial charge in [0.1, 0.15) is 6.33 Å². The quantitative estimate of drug-likeness (QED) is 0.667. The molecule has 1 aromatic rings. The number of aromatic amines is 1. The molecule has 1 rings (SSSR count). The first-order valence-electron chi connectivity index (χ1n) is 2.67. The van der Waals surface area contributed by atoms with Gasteiger partial charge in [-0.05, 0) is 10.4 Å². The van der Waals surface area contributed by atoms with Crippen molar-refractivity contribution in [3.05, 3.63) is 6.33 Å². The van der Waals surface area contributed by atoms with E-state index in [4.69, 9.17) is 0 Å². The van der Waals surface area contributed by atoms with Crippen LogP contribution in [0.3, 0.4) is 0 Å². The molecule has 1 heterocycles. The molecule has 0 bridgehead atoms. The Morgan fingerprint density at radius 1 is 1.33 bits per heavy atom. The molecular formula is C4H11N4Sn. The third-order valence-electron chi connectivity index (χ3n) is 0.270. The summed E-state index contributed by atoms with van der Waals surface area (Å²) >= 11 is -0.543. The molecule has 1 radical (unpaired) electrons. The van der Waals surface area contributed by atoms with Crippen LogP contribution in [0.1, 0.15) is 0 Å². The number of hydrogen-bond acceptors (Lipinski definition) is 3. The molecule has 0 saturated carbocycles. The van der Waals surface area contributed by atoms with Crippen molar-refractivity contribution in [2.75, 3.05) is 0 Å². The van der Waals surface area contributed by atoms with Gasteiger partial charge < -0.3 is 0 Å². The zero-order valence-corrected chi connectivity index (χ0v) is 8.77. The third-order valence-corrected chi connectivity index (χ3v) is 0.270. The Balaban J connectivity index is 0.000000148. The Bertz CT molecular complexity index is 96.2. The van der Waals surface area contributed by atoms with E-state index in [9.17, 15) is 0 Å². The van der Waals surface area contributed by atoms with E-state index < -0.39 is 19.8 Å². The Hall–Kier alpha value is -0.131. The van der Waals surface area contributed by atoms with Gasteiger partial charge in [0, 0.05) is 0 Å². The van der Waals surface area contributed by atoms with Crippen molar-refractivity contribution in [1.29, 1.82) is 0 Å². The van der Waals surface area contributed by atoms with Crippen molar-refractivity contribution in [2.45, 2.75) is 14.8 Å². The number of aromatic nitrogens is 4. The van der Waals surface area contributed by atoms with E-state index in [1.54, 1.807) is 0 Å². The maximum atomic E-state index is 3.31. The predicted octanol–water partition coefficient (Wildman–Crippen LogP) is 0.570. The van der Waals surface area contributed by atoms with Gasteiger partial charge >= 0.3 is 34.6 Å². The number of nitrogens with one attached hydrogen (secondary N) is 1. The van der Waals surface area contributed by atoms with E-state index in [1.807, 2.05) is 0 Å². The fourth-order valence-corrected chi connectivity index (χ4v) is 0.129. The second-order valence-corrected chi connectivity index (χ2v) is 10.6. The summed E-state index contributed by atoms with van der Waals surface area (Å²) in [6.45, 7) is 0. The Morgan fingerprint density at radius 2 is 1.89 bits per heavy atom. The second kappa shape index (κ2) is 6.00. The first kappa shape index (κ1) is 8.87. The fraction of sp³-hybridized carbons (Fsp3) is 0.750. The maximum absolute atomic E-state index is 3.31. The molecule has 0 aliphatic carbocycles. The predicted molar refractivity (Wildman–Crippen MR) is 37.5 cm³/mol. The second-order valence-electron chi connectivity index (χ2n) is 2.06. The molecule has 0 aromatic carbocycles. The molecule has 0 saturated heterocycles. The van der Waals surface area contributed by atoms with E-state index in [1.165, 1.54) is 6.33 Å². The summed E-state index contributed by atoms with van der Waals surface area (Å²) in [5.74, 6) is 0. The van der Waals surface area contributed by atoms with Gasteiger partial charge in [-0.2, -0.15) is 0 Å². The van der Waals surface area contributed by atoms with Crippen molar-refractivity contribution in [1.82, 2.24) is 20.6 Å². The Morgan fingerprint density at radius 3 is 2.00 bits per heavy atom.